The quantitative estimate of drug-likeness (QED) is 0.361. The highest BCUT2D eigenvalue weighted by Crippen LogP contribution is 2.37. The third-order valence-corrected chi connectivity index (χ3v) is 4.71. The minimum atomic E-state index is -4.65. The van der Waals surface area contributed by atoms with Crippen molar-refractivity contribution in [1.29, 1.82) is 0 Å². The first-order valence-corrected chi connectivity index (χ1v) is 10.7. The van der Waals surface area contributed by atoms with Gasteiger partial charge in [-0.3, -0.25) is 4.52 Å². The van der Waals surface area contributed by atoms with Crippen LogP contribution in [0, 0.1) is 0 Å². The minimum absolute atomic E-state index is 0.332. The summed E-state index contributed by atoms with van der Waals surface area (Å²) in [5.41, 5.74) is 0.739. The number of carbonyl (C=O) groups is 1. The van der Waals surface area contributed by atoms with Crippen LogP contribution in [0.15, 0.2) is 42.5 Å². The summed E-state index contributed by atoms with van der Waals surface area (Å²) < 4.78 is 15.8. The van der Waals surface area contributed by atoms with E-state index in [1.807, 2.05) is 42.5 Å². The van der Waals surface area contributed by atoms with Gasteiger partial charge in [-0.1, -0.05) is 68.7 Å². The molecule has 1 atom stereocenters. The molecule has 0 aromatic heterocycles. The highest BCUT2D eigenvalue weighted by Gasteiger charge is 2.22. The van der Waals surface area contributed by atoms with Gasteiger partial charge in [0.05, 0.1) is 12.6 Å². The number of benzene rings is 2. The SMILES string of the molecule is CCCCCCNC(=O)NC(COP(=O)(O)O)c1cccc2ccccc12. The first-order valence-electron chi connectivity index (χ1n) is 9.13. The van der Waals surface area contributed by atoms with Gasteiger partial charge in [0.15, 0.2) is 0 Å². The number of rotatable bonds is 10. The summed E-state index contributed by atoms with van der Waals surface area (Å²) in [5.74, 6) is 0. The van der Waals surface area contributed by atoms with E-state index in [0.717, 1.165) is 42.0 Å². The van der Waals surface area contributed by atoms with Gasteiger partial charge in [0, 0.05) is 6.54 Å². The van der Waals surface area contributed by atoms with Crippen LogP contribution in [0.4, 0.5) is 4.79 Å². The number of hydrogen-bond acceptors (Lipinski definition) is 3. The largest absolute Gasteiger partial charge is 0.469 e. The van der Waals surface area contributed by atoms with E-state index in [9.17, 15) is 9.36 Å². The van der Waals surface area contributed by atoms with Crippen LogP contribution in [-0.2, 0) is 9.09 Å². The van der Waals surface area contributed by atoms with Crippen LogP contribution in [0.2, 0.25) is 0 Å². The van der Waals surface area contributed by atoms with Crippen LogP contribution in [0.3, 0.4) is 0 Å². The Morgan fingerprint density at radius 2 is 1.85 bits per heavy atom. The second kappa shape index (κ2) is 10.4. The maximum Gasteiger partial charge on any atom is 0.469 e. The molecule has 0 aliphatic rings. The molecule has 2 aromatic rings. The Morgan fingerprint density at radius 1 is 1.11 bits per heavy atom. The van der Waals surface area contributed by atoms with Crippen LogP contribution >= 0.6 is 7.82 Å². The summed E-state index contributed by atoms with van der Waals surface area (Å²) >= 11 is 0. The van der Waals surface area contributed by atoms with E-state index < -0.39 is 19.9 Å². The molecule has 2 rings (SSSR count). The maximum absolute atomic E-state index is 12.2. The molecule has 148 valence electrons. The minimum Gasteiger partial charge on any atom is -0.338 e. The lowest BCUT2D eigenvalue weighted by Gasteiger charge is -2.21. The van der Waals surface area contributed by atoms with Crippen molar-refractivity contribution >= 4 is 24.6 Å². The first-order chi connectivity index (χ1) is 12.9. The van der Waals surface area contributed by atoms with Gasteiger partial charge in [0.1, 0.15) is 0 Å². The molecule has 0 saturated carbocycles. The highest BCUT2D eigenvalue weighted by atomic mass is 31.2. The number of urea groups is 1. The van der Waals surface area contributed by atoms with Gasteiger partial charge in [-0.25, -0.2) is 9.36 Å². The molecule has 8 heteroatoms. The molecule has 2 aromatic carbocycles. The summed E-state index contributed by atoms with van der Waals surface area (Å²) in [5, 5.41) is 7.42. The van der Waals surface area contributed by atoms with Gasteiger partial charge in [0.25, 0.3) is 0 Å². The zero-order chi connectivity index (χ0) is 19.7. The number of phosphoric acid groups is 1. The zero-order valence-electron chi connectivity index (χ0n) is 15.4. The van der Waals surface area contributed by atoms with Crippen molar-refractivity contribution in [3.8, 4) is 0 Å². The Morgan fingerprint density at radius 3 is 2.59 bits per heavy atom. The number of amides is 2. The molecular formula is C19H27N2O5P. The second-order valence-corrected chi connectivity index (χ2v) is 7.61. The standard InChI is InChI=1S/C19H27N2O5P/c1-2-3-4-7-13-20-19(22)21-18(14-26-27(23,24)25)17-12-8-10-15-9-5-6-11-16(15)17/h5-6,8-12,18H,2-4,7,13-14H2,1H3,(H2,20,21,22)(H2,23,24,25). The van der Waals surface area contributed by atoms with Crippen molar-refractivity contribution in [2.75, 3.05) is 13.2 Å². The predicted molar refractivity (Wildman–Crippen MR) is 105 cm³/mol. The normalized spacial score (nSPS) is 12.7. The van der Waals surface area contributed by atoms with E-state index in [-0.39, 0.29) is 6.61 Å². The summed E-state index contributed by atoms with van der Waals surface area (Å²) in [7, 11) is -4.65. The number of nitrogens with one attached hydrogen (secondary N) is 2. The molecule has 1 unspecified atom stereocenters. The Bertz CT molecular complexity index is 787. The third-order valence-electron chi connectivity index (χ3n) is 4.23. The second-order valence-electron chi connectivity index (χ2n) is 6.37. The van der Waals surface area contributed by atoms with E-state index in [1.54, 1.807) is 0 Å². The summed E-state index contributed by atoms with van der Waals surface area (Å²) in [6.07, 6.45) is 4.18. The molecule has 4 N–H and O–H groups in total. The number of hydrogen-bond donors (Lipinski definition) is 4. The molecule has 2 amide bonds. The average Bonchev–Trinajstić information content (AvgIpc) is 2.64. The summed E-state index contributed by atoms with van der Waals surface area (Å²) in [6.45, 7) is 2.34. The molecule has 0 aliphatic heterocycles. The van der Waals surface area contributed by atoms with Crippen molar-refractivity contribution in [2.24, 2.45) is 0 Å². The van der Waals surface area contributed by atoms with Gasteiger partial charge < -0.3 is 20.4 Å². The molecule has 0 bridgehead atoms. The van der Waals surface area contributed by atoms with Gasteiger partial charge in [-0.2, -0.15) is 0 Å². The average molecular weight is 394 g/mol. The molecule has 27 heavy (non-hydrogen) atoms. The molecule has 0 saturated heterocycles. The number of phosphoric ester groups is 1. The smallest absolute Gasteiger partial charge is 0.338 e. The van der Waals surface area contributed by atoms with E-state index >= 15 is 0 Å². The zero-order valence-corrected chi connectivity index (χ0v) is 16.3. The van der Waals surface area contributed by atoms with E-state index in [2.05, 4.69) is 22.1 Å². The molecule has 0 fully saturated rings. The molecule has 7 nitrogen and oxygen atoms in total. The fraction of sp³-hybridized carbons (Fsp3) is 0.421. The van der Waals surface area contributed by atoms with E-state index in [0.29, 0.717) is 6.54 Å². The predicted octanol–water partition coefficient (Wildman–Crippen LogP) is 3.87. The lowest BCUT2D eigenvalue weighted by Crippen LogP contribution is -2.40. The Labute approximate surface area is 159 Å². The van der Waals surface area contributed by atoms with Crippen LogP contribution in [-0.4, -0.2) is 29.0 Å². The van der Waals surface area contributed by atoms with Crippen molar-refractivity contribution < 1.29 is 23.7 Å². The lowest BCUT2D eigenvalue weighted by molar-refractivity contribution is 0.175. The summed E-state index contributed by atoms with van der Waals surface area (Å²) in [6, 6.07) is 12.1. The molecule has 0 aliphatic carbocycles. The third kappa shape index (κ3) is 7.31. The van der Waals surface area contributed by atoms with Crippen LogP contribution in [0.25, 0.3) is 10.8 Å². The van der Waals surface area contributed by atoms with E-state index in [1.165, 1.54) is 0 Å². The fourth-order valence-electron chi connectivity index (χ4n) is 2.90. The van der Waals surface area contributed by atoms with Gasteiger partial charge >= 0.3 is 13.9 Å². The Balaban J connectivity index is 2.11. The fourth-order valence-corrected chi connectivity index (χ4v) is 3.24. The number of carbonyl (C=O) groups excluding carboxylic acids is 1. The van der Waals surface area contributed by atoms with Crippen molar-refractivity contribution in [2.45, 2.75) is 38.6 Å². The van der Waals surface area contributed by atoms with Crippen molar-refractivity contribution in [3.05, 3.63) is 48.0 Å². The van der Waals surface area contributed by atoms with Crippen LogP contribution < -0.4 is 10.6 Å². The van der Waals surface area contributed by atoms with Gasteiger partial charge in [-0.15, -0.1) is 0 Å². The van der Waals surface area contributed by atoms with Crippen molar-refractivity contribution in [3.63, 3.8) is 0 Å². The van der Waals surface area contributed by atoms with Gasteiger partial charge in [-0.05, 0) is 22.8 Å². The van der Waals surface area contributed by atoms with Crippen LogP contribution in [0.5, 0.6) is 0 Å². The topological polar surface area (TPSA) is 108 Å². The molecule has 0 radical (unpaired) electrons. The van der Waals surface area contributed by atoms with Gasteiger partial charge in [0.2, 0.25) is 0 Å². The Kier molecular flexibility index (Phi) is 8.25. The highest BCUT2D eigenvalue weighted by molar-refractivity contribution is 7.46. The molecule has 0 heterocycles. The van der Waals surface area contributed by atoms with Crippen LogP contribution in [0.1, 0.15) is 44.2 Å². The first kappa shape index (κ1) is 21.4. The van der Waals surface area contributed by atoms with E-state index in [4.69, 9.17) is 9.79 Å². The maximum atomic E-state index is 12.2. The van der Waals surface area contributed by atoms with Crippen molar-refractivity contribution in [1.82, 2.24) is 10.6 Å². The monoisotopic (exact) mass is 394 g/mol. The number of fused-ring (bicyclic) bond motifs is 1. The molecule has 0 spiro atoms. The summed E-state index contributed by atoms with van der Waals surface area (Å²) in [4.78, 5) is 30.3. The lowest BCUT2D eigenvalue weighted by atomic mass is 9.99. The number of unbranched alkanes of at least 4 members (excludes halogenated alkanes) is 3. The Hall–Kier alpha value is -1.92. The molecular weight excluding hydrogens is 367 g/mol.